The van der Waals surface area contributed by atoms with E-state index in [1.54, 1.807) is 24.5 Å². The van der Waals surface area contributed by atoms with E-state index in [4.69, 9.17) is 0 Å². The van der Waals surface area contributed by atoms with Crippen molar-refractivity contribution in [1.29, 1.82) is 0 Å². The number of aromatic nitrogens is 2. The third kappa shape index (κ3) is 2.73. The molecule has 0 unspecified atom stereocenters. The minimum absolute atomic E-state index is 0.171. The van der Waals surface area contributed by atoms with Crippen molar-refractivity contribution < 1.29 is 4.79 Å². The summed E-state index contributed by atoms with van der Waals surface area (Å²) < 4.78 is 0. The lowest BCUT2D eigenvalue weighted by Gasteiger charge is -2.12. The lowest BCUT2D eigenvalue weighted by molar-refractivity contribution is 0.102. The zero-order chi connectivity index (χ0) is 13.1. The van der Waals surface area contributed by atoms with Gasteiger partial charge < -0.3 is 4.90 Å². The zero-order valence-corrected chi connectivity index (χ0v) is 11.2. The Balaban J connectivity index is 1.68. The van der Waals surface area contributed by atoms with Gasteiger partial charge in [-0.3, -0.25) is 15.1 Å². The van der Waals surface area contributed by atoms with E-state index in [2.05, 4.69) is 20.2 Å². The van der Waals surface area contributed by atoms with Crippen molar-refractivity contribution in [3.8, 4) is 0 Å². The van der Waals surface area contributed by atoms with E-state index in [0.717, 1.165) is 18.1 Å². The molecule has 0 atom stereocenters. The van der Waals surface area contributed by atoms with E-state index < -0.39 is 0 Å². The molecule has 0 bridgehead atoms. The highest BCUT2D eigenvalue weighted by Crippen LogP contribution is 2.29. The summed E-state index contributed by atoms with van der Waals surface area (Å²) in [6.07, 6.45) is 7.48. The molecular weight excluding hydrogens is 260 g/mol. The largest absolute Gasteiger partial charge is 0.362 e. The first-order valence-corrected chi connectivity index (χ1v) is 7.07. The highest BCUT2D eigenvalue weighted by atomic mass is 32.1. The second kappa shape index (κ2) is 5.36. The van der Waals surface area contributed by atoms with Gasteiger partial charge in [-0.1, -0.05) is 11.3 Å². The number of rotatable bonds is 3. The van der Waals surface area contributed by atoms with Crippen LogP contribution in [-0.2, 0) is 0 Å². The Kier molecular flexibility index (Phi) is 3.41. The van der Waals surface area contributed by atoms with Crippen molar-refractivity contribution in [3.05, 3.63) is 36.3 Å². The van der Waals surface area contributed by atoms with Crippen LogP contribution >= 0.6 is 11.3 Å². The summed E-state index contributed by atoms with van der Waals surface area (Å²) in [5, 5.41) is 4.56. The lowest BCUT2D eigenvalue weighted by Crippen LogP contribution is -2.15. The molecule has 19 heavy (non-hydrogen) atoms. The number of thiazole rings is 1. The first-order chi connectivity index (χ1) is 9.33. The standard InChI is InChI=1S/C13H14N4OS/c18-12(10-4-3-5-14-8-10)16-13-15-9-11(19-13)17-6-1-2-7-17/h3-5,8-9H,1-2,6-7H2,(H,15,16,18). The van der Waals surface area contributed by atoms with Gasteiger partial charge in [0.05, 0.1) is 11.8 Å². The van der Waals surface area contributed by atoms with E-state index in [-0.39, 0.29) is 5.91 Å². The summed E-state index contributed by atoms with van der Waals surface area (Å²) in [5.41, 5.74) is 0.542. The number of nitrogens with zero attached hydrogens (tertiary/aromatic N) is 3. The number of nitrogens with one attached hydrogen (secondary N) is 1. The molecule has 3 heterocycles. The molecule has 1 amide bonds. The highest BCUT2D eigenvalue weighted by Gasteiger charge is 2.16. The molecule has 0 aliphatic carbocycles. The van der Waals surface area contributed by atoms with Gasteiger partial charge in [-0.25, -0.2) is 4.98 Å². The number of amides is 1. The number of carbonyl (C=O) groups excluding carboxylic acids is 1. The van der Waals surface area contributed by atoms with Crippen LogP contribution in [0.2, 0.25) is 0 Å². The van der Waals surface area contributed by atoms with E-state index >= 15 is 0 Å². The molecule has 5 nitrogen and oxygen atoms in total. The summed E-state index contributed by atoms with van der Waals surface area (Å²) in [7, 11) is 0. The van der Waals surface area contributed by atoms with Crippen LogP contribution in [0.1, 0.15) is 23.2 Å². The molecule has 1 saturated heterocycles. The van der Waals surface area contributed by atoms with Crippen LogP contribution in [0, 0.1) is 0 Å². The number of anilines is 2. The van der Waals surface area contributed by atoms with Crippen LogP contribution in [0.25, 0.3) is 0 Å². The predicted molar refractivity (Wildman–Crippen MR) is 75.8 cm³/mol. The van der Waals surface area contributed by atoms with Crippen molar-refractivity contribution in [1.82, 2.24) is 9.97 Å². The maximum Gasteiger partial charge on any atom is 0.259 e. The van der Waals surface area contributed by atoms with Crippen molar-refractivity contribution in [3.63, 3.8) is 0 Å². The van der Waals surface area contributed by atoms with Crippen LogP contribution in [-0.4, -0.2) is 29.0 Å². The summed E-state index contributed by atoms with van der Waals surface area (Å²) in [5.74, 6) is -0.171. The second-order valence-corrected chi connectivity index (χ2v) is 5.40. The van der Waals surface area contributed by atoms with Crippen LogP contribution in [0.15, 0.2) is 30.7 Å². The molecule has 1 aliphatic heterocycles. The average Bonchev–Trinajstić information content (AvgIpc) is 3.10. The van der Waals surface area contributed by atoms with Crippen LogP contribution < -0.4 is 10.2 Å². The van der Waals surface area contributed by atoms with Crippen LogP contribution in [0.3, 0.4) is 0 Å². The molecular formula is C13H14N4OS. The summed E-state index contributed by atoms with van der Waals surface area (Å²) in [6.45, 7) is 2.16. The molecule has 3 rings (SSSR count). The Morgan fingerprint density at radius 2 is 2.16 bits per heavy atom. The fraction of sp³-hybridized carbons (Fsp3) is 0.308. The summed E-state index contributed by atoms with van der Waals surface area (Å²) in [4.78, 5) is 22.4. The molecule has 1 N–H and O–H groups in total. The zero-order valence-electron chi connectivity index (χ0n) is 10.4. The van der Waals surface area contributed by atoms with Gasteiger partial charge in [0.1, 0.15) is 5.00 Å². The third-order valence-corrected chi connectivity index (χ3v) is 4.03. The maximum atomic E-state index is 11.9. The minimum atomic E-state index is -0.171. The number of hydrogen-bond donors (Lipinski definition) is 1. The van der Waals surface area contributed by atoms with Crippen molar-refractivity contribution in [2.45, 2.75) is 12.8 Å². The molecule has 6 heteroatoms. The molecule has 2 aromatic heterocycles. The molecule has 0 aromatic carbocycles. The summed E-state index contributed by atoms with van der Waals surface area (Å²) in [6, 6.07) is 3.48. The van der Waals surface area contributed by atoms with E-state index in [0.29, 0.717) is 10.7 Å². The molecule has 2 aromatic rings. The summed E-state index contributed by atoms with van der Waals surface area (Å²) >= 11 is 1.52. The van der Waals surface area contributed by atoms with E-state index in [1.807, 2.05) is 6.20 Å². The second-order valence-electron chi connectivity index (χ2n) is 4.39. The molecule has 1 aliphatic rings. The van der Waals surface area contributed by atoms with Crippen molar-refractivity contribution in [2.24, 2.45) is 0 Å². The Morgan fingerprint density at radius 1 is 1.32 bits per heavy atom. The van der Waals surface area contributed by atoms with Gasteiger partial charge in [-0.15, -0.1) is 0 Å². The monoisotopic (exact) mass is 274 g/mol. The first-order valence-electron chi connectivity index (χ1n) is 6.25. The third-order valence-electron chi connectivity index (χ3n) is 3.06. The molecule has 98 valence electrons. The number of pyridine rings is 1. The van der Waals surface area contributed by atoms with Crippen molar-refractivity contribution >= 4 is 27.4 Å². The first kappa shape index (κ1) is 12.1. The van der Waals surface area contributed by atoms with Gasteiger partial charge in [0.2, 0.25) is 0 Å². The SMILES string of the molecule is O=C(Nc1ncc(N2CCCC2)s1)c1cccnc1. The van der Waals surface area contributed by atoms with Gasteiger partial charge >= 0.3 is 0 Å². The van der Waals surface area contributed by atoms with Crippen molar-refractivity contribution in [2.75, 3.05) is 23.3 Å². The predicted octanol–water partition coefficient (Wildman–Crippen LogP) is 2.39. The van der Waals surface area contributed by atoms with Gasteiger partial charge in [0, 0.05) is 25.5 Å². The topological polar surface area (TPSA) is 58.1 Å². The van der Waals surface area contributed by atoms with Gasteiger partial charge in [0.25, 0.3) is 5.91 Å². The smallest absolute Gasteiger partial charge is 0.259 e. The normalized spacial score (nSPS) is 14.6. The molecule has 0 saturated carbocycles. The van der Waals surface area contributed by atoms with Gasteiger partial charge in [0.15, 0.2) is 5.13 Å². The Morgan fingerprint density at radius 3 is 2.89 bits per heavy atom. The van der Waals surface area contributed by atoms with E-state index in [1.165, 1.54) is 24.2 Å². The Hall–Kier alpha value is -1.95. The quantitative estimate of drug-likeness (QED) is 0.933. The molecule has 0 spiro atoms. The highest BCUT2D eigenvalue weighted by molar-refractivity contribution is 7.19. The number of carbonyl (C=O) groups is 1. The van der Waals surface area contributed by atoms with Crippen LogP contribution in [0.4, 0.5) is 10.1 Å². The number of hydrogen-bond acceptors (Lipinski definition) is 5. The maximum absolute atomic E-state index is 11.9. The fourth-order valence-electron chi connectivity index (χ4n) is 2.07. The minimum Gasteiger partial charge on any atom is -0.362 e. The van der Waals surface area contributed by atoms with Gasteiger partial charge in [-0.2, -0.15) is 0 Å². The van der Waals surface area contributed by atoms with Crippen LogP contribution in [0.5, 0.6) is 0 Å². The Bertz CT molecular complexity index is 563. The van der Waals surface area contributed by atoms with E-state index in [9.17, 15) is 4.79 Å². The van der Waals surface area contributed by atoms with Gasteiger partial charge in [-0.05, 0) is 25.0 Å². The molecule has 1 fully saturated rings. The Labute approximate surface area is 115 Å². The fourth-order valence-corrected chi connectivity index (χ4v) is 2.94. The molecule has 0 radical (unpaired) electrons. The lowest BCUT2D eigenvalue weighted by atomic mass is 10.3. The average molecular weight is 274 g/mol.